The predicted molar refractivity (Wildman–Crippen MR) is 95.4 cm³/mol. The van der Waals surface area contributed by atoms with Gasteiger partial charge in [0.1, 0.15) is 17.2 Å². The van der Waals surface area contributed by atoms with Crippen LogP contribution in [0.15, 0.2) is 53.4 Å². The molecule has 3 rings (SSSR count). The minimum atomic E-state index is -3.56. The number of ether oxygens (including phenoxy) is 2. The van der Waals surface area contributed by atoms with E-state index in [1.165, 1.54) is 12.1 Å². The fraction of sp³-hybridized carbons (Fsp3) is 0.333. The Morgan fingerprint density at radius 3 is 2.08 bits per heavy atom. The van der Waals surface area contributed by atoms with Crippen molar-refractivity contribution in [3.8, 4) is 17.2 Å². The van der Waals surface area contributed by atoms with E-state index < -0.39 is 10.0 Å². The molecule has 1 saturated carbocycles. The van der Waals surface area contributed by atoms with E-state index in [0.29, 0.717) is 17.4 Å². The molecule has 1 atom stereocenters. The van der Waals surface area contributed by atoms with Gasteiger partial charge in [-0.1, -0.05) is 0 Å². The SMILES string of the molecule is COc1ccc(Oc2ccc(S(=O)(=O)NCC(N)C3CC3)cc2)cc1. The van der Waals surface area contributed by atoms with Gasteiger partial charge >= 0.3 is 0 Å². The molecule has 0 aliphatic heterocycles. The molecule has 0 aromatic heterocycles. The Bertz CT molecular complexity index is 800. The van der Waals surface area contributed by atoms with E-state index in [-0.39, 0.29) is 17.5 Å². The molecule has 0 heterocycles. The van der Waals surface area contributed by atoms with E-state index in [1.807, 2.05) is 0 Å². The third-order valence-corrected chi connectivity index (χ3v) is 5.61. The molecule has 0 radical (unpaired) electrons. The van der Waals surface area contributed by atoms with Crippen LogP contribution in [-0.4, -0.2) is 28.1 Å². The molecule has 0 spiro atoms. The summed E-state index contributed by atoms with van der Waals surface area (Å²) in [5, 5.41) is 0. The molecule has 0 saturated heterocycles. The van der Waals surface area contributed by atoms with Crippen LogP contribution in [-0.2, 0) is 10.0 Å². The monoisotopic (exact) mass is 362 g/mol. The van der Waals surface area contributed by atoms with Crippen LogP contribution in [0.1, 0.15) is 12.8 Å². The summed E-state index contributed by atoms with van der Waals surface area (Å²) in [5.41, 5.74) is 5.94. The van der Waals surface area contributed by atoms with Crippen LogP contribution >= 0.6 is 0 Å². The van der Waals surface area contributed by atoms with Crippen LogP contribution in [0.2, 0.25) is 0 Å². The van der Waals surface area contributed by atoms with Gasteiger partial charge in [-0.15, -0.1) is 0 Å². The van der Waals surface area contributed by atoms with Gasteiger partial charge in [-0.25, -0.2) is 13.1 Å². The van der Waals surface area contributed by atoms with Crippen molar-refractivity contribution in [1.29, 1.82) is 0 Å². The Labute approximate surface area is 148 Å². The maximum atomic E-state index is 12.3. The van der Waals surface area contributed by atoms with E-state index in [4.69, 9.17) is 15.2 Å². The highest BCUT2D eigenvalue weighted by atomic mass is 32.2. The summed E-state index contributed by atoms with van der Waals surface area (Å²) >= 11 is 0. The highest BCUT2D eigenvalue weighted by Crippen LogP contribution is 2.31. The standard InChI is InChI=1S/C18H22N2O4S/c1-23-14-4-6-15(7-5-14)24-16-8-10-17(11-9-16)25(21,22)20-12-18(19)13-2-3-13/h4-11,13,18,20H,2-3,12,19H2,1H3. The third kappa shape index (κ3) is 4.72. The number of methoxy groups -OCH3 is 1. The number of nitrogens with one attached hydrogen (secondary N) is 1. The van der Waals surface area contributed by atoms with Gasteiger partial charge in [0.25, 0.3) is 0 Å². The average Bonchev–Trinajstić information content (AvgIpc) is 3.46. The van der Waals surface area contributed by atoms with Crippen LogP contribution in [0.5, 0.6) is 17.2 Å². The van der Waals surface area contributed by atoms with Gasteiger partial charge in [0.2, 0.25) is 10.0 Å². The molecule has 2 aromatic carbocycles. The first kappa shape index (κ1) is 17.7. The van der Waals surface area contributed by atoms with Gasteiger partial charge in [-0.2, -0.15) is 0 Å². The minimum absolute atomic E-state index is 0.118. The van der Waals surface area contributed by atoms with Gasteiger partial charge in [0.05, 0.1) is 12.0 Å². The van der Waals surface area contributed by atoms with Gasteiger partial charge in [-0.05, 0) is 67.3 Å². The summed E-state index contributed by atoms with van der Waals surface area (Å²) in [6.45, 7) is 0.261. The van der Waals surface area contributed by atoms with E-state index >= 15 is 0 Å². The van der Waals surface area contributed by atoms with E-state index in [9.17, 15) is 8.42 Å². The number of rotatable bonds is 8. The lowest BCUT2D eigenvalue weighted by atomic mass is 10.2. The van der Waals surface area contributed by atoms with Gasteiger partial charge in [-0.3, -0.25) is 0 Å². The van der Waals surface area contributed by atoms with Crippen LogP contribution < -0.4 is 19.9 Å². The van der Waals surface area contributed by atoms with Crippen molar-refractivity contribution in [3.63, 3.8) is 0 Å². The first-order chi connectivity index (χ1) is 12.0. The molecule has 3 N–H and O–H groups in total. The maximum Gasteiger partial charge on any atom is 0.240 e. The molecule has 0 bridgehead atoms. The Morgan fingerprint density at radius 2 is 1.56 bits per heavy atom. The fourth-order valence-corrected chi connectivity index (χ4v) is 3.52. The Balaban J connectivity index is 1.61. The van der Waals surface area contributed by atoms with E-state index in [2.05, 4.69) is 4.72 Å². The summed E-state index contributed by atoms with van der Waals surface area (Å²) in [7, 11) is -1.96. The molecule has 2 aromatic rings. The molecule has 1 unspecified atom stereocenters. The second-order valence-corrected chi connectivity index (χ2v) is 7.87. The molecule has 25 heavy (non-hydrogen) atoms. The zero-order valence-electron chi connectivity index (χ0n) is 14.0. The van der Waals surface area contributed by atoms with E-state index in [1.54, 1.807) is 43.5 Å². The average molecular weight is 362 g/mol. The normalized spacial score (nSPS) is 15.6. The Hall–Kier alpha value is -2.09. The predicted octanol–water partition coefficient (Wildman–Crippen LogP) is 2.50. The molecule has 134 valence electrons. The second-order valence-electron chi connectivity index (χ2n) is 6.10. The molecule has 0 amide bonds. The molecular formula is C18H22N2O4S. The third-order valence-electron chi connectivity index (χ3n) is 4.17. The topological polar surface area (TPSA) is 90.6 Å². The van der Waals surface area contributed by atoms with Crippen molar-refractivity contribution >= 4 is 10.0 Å². The summed E-state index contributed by atoms with van der Waals surface area (Å²) < 4.78 is 38.0. The van der Waals surface area contributed by atoms with Gasteiger partial charge in [0, 0.05) is 12.6 Å². The lowest BCUT2D eigenvalue weighted by molar-refractivity contribution is 0.413. The highest BCUT2D eigenvalue weighted by molar-refractivity contribution is 7.89. The van der Waals surface area contributed by atoms with Crippen LogP contribution in [0, 0.1) is 5.92 Å². The maximum absolute atomic E-state index is 12.3. The number of hydrogen-bond donors (Lipinski definition) is 2. The highest BCUT2D eigenvalue weighted by Gasteiger charge is 2.29. The lowest BCUT2D eigenvalue weighted by Gasteiger charge is -2.12. The zero-order valence-corrected chi connectivity index (χ0v) is 14.8. The van der Waals surface area contributed by atoms with Crippen molar-refractivity contribution in [2.75, 3.05) is 13.7 Å². The summed E-state index contributed by atoms with van der Waals surface area (Å²) in [6, 6.07) is 13.3. The number of sulfonamides is 1. The van der Waals surface area contributed by atoms with Crippen molar-refractivity contribution < 1.29 is 17.9 Å². The molecular weight excluding hydrogens is 340 g/mol. The lowest BCUT2D eigenvalue weighted by Crippen LogP contribution is -2.38. The van der Waals surface area contributed by atoms with Crippen molar-refractivity contribution in [2.45, 2.75) is 23.8 Å². The molecule has 1 fully saturated rings. The number of nitrogens with two attached hydrogens (primary N) is 1. The molecule has 7 heteroatoms. The summed E-state index contributed by atoms with van der Waals surface area (Å²) in [4.78, 5) is 0.192. The van der Waals surface area contributed by atoms with Gasteiger partial charge < -0.3 is 15.2 Å². The quantitative estimate of drug-likeness (QED) is 0.753. The molecule has 1 aliphatic carbocycles. The molecule has 1 aliphatic rings. The smallest absolute Gasteiger partial charge is 0.240 e. The van der Waals surface area contributed by atoms with Crippen molar-refractivity contribution in [2.24, 2.45) is 11.7 Å². The number of hydrogen-bond acceptors (Lipinski definition) is 5. The molecule has 6 nitrogen and oxygen atoms in total. The van der Waals surface area contributed by atoms with Crippen LogP contribution in [0.25, 0.3) is 0 Å². The fourth-order valence-electron chi connectivity index (χ4n) is 2.45. The van der Waals surface area contributed by atoms with Crippen molar-refractivity contribution in [3.05, 3.63) is 48.5 Å². The van der Waals surface area contributed by atoms with Crippen LogP contribution in [0.3, 0.4) is 0 Å². The summed E-state index contributed by atoms with van der Waals surface area (Å²) in [5.74, 6) is 2.39. The Kier molecular flexibility index (Phi) is 5.27. The van der Waals surface area contributed by atoms with Crippen LogP contribution in [0.4, 0.5) is 0 Å². The Morgan fingerprint density at radius 1 is 1.04 bits per heavy atom. The second kappa shape index (κ2) is 7.43. The largest absolute Gasteiger partial charge is 0.497 e. The zero-order chi connectivity index (χ0) is 17.9. The van der Waals surface area contributed by atoms with Crippen molar-refractivity contribution in [1.82, 2.24) is 4.72 Å². The first-order valence-corrected chi connectivity index (χ1v) is 9.63. The minimum Gasteiger partial charge on any atom is -0.497 e. The van der Waals surface area contributed by atoms with Gasteiger partial charge in [0.15, 0.2) is 0 Å². The number of benzene rings is 2. The van der Waals surface area contributed by atoms with E-state index in [0.717, 1.165) is 18.6 Å². The first-order valence-electron chi connectivity index (χ1n) is 8.15. The summed E-state index contributed by atoms with van der Waals surface area (Å²) in [6.07, 6.45) is 2.17.